The van der Waals surface area contributed by atoms with Gasteiger partial charge in [0.05, 0.1) is 6.20 Å². The number of nitrogens with one attached hydrogen (secondary N) is 1. The van der Waals surface area contributed by atoms with Gasteiger partial charge in [0.15, 0.2) is 0 Å². The number of hydrogen-bond donors (Lipinski definition) is 1. The van der Waals surface area contributed by atoms with Crippen molar-refractivity contribution in [1.82, 2.24) is 19.7 Å². The smallest absolute Gasteiger partial charge is 0.291 e. The molecular weight excluding hydrogens is 436 g/mol. The molecule has 1 N–H and O–H groups in total. The topological polar surface area (TPSA) is 68.9 Å². The summed E-state index contributed by atoms with van der Waals surface area (Å²) in [4.78, 5) is 26.3. The molecule has 0 saturated heterocycles. The van der Waals surface area contributed by atoms with Crippen molar-refractivity contribution < 1.29 is 4.79 Å². The molecule has 2 atom stereocenters. The zero-order chi connectivity index (χ0) is 22.9. The summed E-state index contributed by atoms with van der Waals surface area (Å²) in [6.45, 7) is 2.58. The molecule has 0 spiro atoms. The monoisotopic (exact) mass is 462 g/mol. The molecule has 2 aromatic heterocycles. The predicted molar refractivity (Wildman–Crippen MR) is 132 cm³/mol. The van der Waals surface area contributed by atoms with Crippen molar-refractivity contribution in [2.45, 2.75) is 51.7 Å². The molecule has 0 bridgehead atoms. The van der Waals surface area contributed by atoms with Gasteiger partial charge in [0.25, 0.3) is 5.56 Å². The highest BCUT2D eigenvalue weighted by Gasteiger charge is 2.23. The number of aromatic nitrogens is 3. The third kappa shape index (κ3) is 4.27. The van der Waals surface area contributed by atoms with Gasteiger partial charge in [-0.05, 0) is 42.5 Å². The maximum atomic E-state index is 13.5. The van der Waals surface area contributed by atoms with Crippen LogP contribution in [0.4, 0.5) is 0 Å². The second kappa shape index (κ2) is 9.02. The van der Waals surface area contributed by atoms with E-state index in [9.17, 15) is 9.59 Å². The molecular formula is C26H27ClN4O2. The van der Waals surface area contributed by atoms with Crippen molar-refractivity contribution in [2.24, 2.45) is 5.92 Å². The Bertz CT molecular complexity index is 1390. The van der Waals surface area contributed by atoms with Crippen molar-refractivity contribution in [1.29, 1.82) is 0 Å². The Morgan fingerprint density at radius 3 is 2.76 bits per heavy atom. The van der Waals surface area contributed by atoms with Gasteiger partial charge in [-0.15, -0.1) is 0 Å². The lowest BCUT2D eigenvalue weighted by molar-refractivity contribution is -0.123. The average Bonchev–Trinajstić information content (AvgIpc) is 3.11. The number of carbonyl (C=O) groups is 1. The van der Waals surface area contributed by atoms with Gasteiger partial charge in [-0.1, -0.05) is 61.7 Å². The standard InChI is InChI=1S/C26H27ClN4O2/c1-17-7-2-4-11-22(17)29-24(32)16-31-26(33)25-21(14-28-31)20-10-3-5-12-23(20)30(25)15-18-8-6-9-19(27)13-18/h3,5-6,8-10,12-14,17,22H,2,4,7,11,15-16H2,1H3,(H,29,32). The summed E-state index contributed by atoms with van der Waals surface area (Å²) in [5.41, 5.74) is 2.23. The Morgan fingerprint density at radius 2 is 1.94 bits per heavy atom. The minimum Gasteiger partial charge on any atom is -0.351 e. The van der Waals surface area contributed by atoms with Crippen molar-refractivity contribution in [2.75, 3.05) is 0 Å². The third-order valence-corrected chi connectivity index (χ3v) is 6.99. The number of para-hydroxylation sites is 1. The van der Waals surface area contributed by atoms with Crippen molar-refractivity contribution in [3.05, 3.63) is 75.7 Å². The van der Waals surface area contributed by atoms with Gasteiger partial charge >= 0.3 is 0 Å². The first-order valence-electron chi connectivity index (χ1n) is 11.5. The number of rotatable bonds is 5. The molecule has 4 aromatic rings. The molecule has 2 unspecified atom stereocenters. The van der Waals surface area contributed by atoms with E-state index >= 15 is 0 Å². The van der Waals surface area contributed by atoms with Crippen LogP contribution in [0, 0.1) is 5.92 Å². The lowest BCUT2D eigenvalue weighted by Gasteiger charge is -2.29. The summed E-state index contributed by atoms with van der Waals surface area (Å²) in [6.07, 6.45) is 6.15. The normalized spacial score (nSPS) is 18.6. The Kier molecular flexibility index (Phi) is 5.94. The number of hydrogen-bond acceptors (Lipinski definition) is 3. The molecule has 7 heteroatoms. The molecule has 1 aliphatic rings. The van der Waals surface area contributed by atoms with Gasteiger partial charge < -0.3 is 9.88 Å². The van der Waals surface area contributed by atoms with Crippen LogP contribution in [0.1, 0.15) is 38.2 Å². The van der Waals surface area contributed by atoms with E-state index in [4.69, 9.17) is 11.6 Å². The maximum Gasteiger partial charge on any atom is 0.291 e. The first kappa shape index (κ1) is 21.7. The van der Waals surface area contributed by atoms with E-state index in [0.29, 0.717) is 23.0 Å². The molecule has 6 nitrogen and oxygen atoms in total. The van der Waals surface area contributed by atoms with Crippen molar-refractivity contribution >= 4 is 39.3 Å². The Labute approximate surface area is 197 Å². The summed E-state index contributed by atoms with van der Waals surface area (Å²) < 4.78 is 3.27. The average molecular weight is 463 g/mol. The fourth-order valence-electron chi connectivity index (χ4n) is 5.01. The fourth-order valence-corrected chi connectivity index (χ4v) is 5.22. The molecule has 2 aromatic carbocycles. The highest BCUT2D eigenvalue weighted by molar-refractivity contribution is 6.30. The number of benzene rings is 2. The summed E-state index contributed by atoms with van der Waals surface area (Å²) >= 11 is 6.20. The fraction of sp³-hybridized carbons (Fsp3) is 0.346. The molecule has 5 rings (SSSR count). The van der Waals surface area contributed by atoms with Crippen LogP contribution in [0.25, 0.3) is 21.8 Å². The Morgan fingerprint density at radius 1 is 1.12 bits per heavy atom. The van der Waals surface area contributed by atoms with Gasteiger partial charge in [0.2, 0.25) is 5.91 Å². The summed E-state index contributed by atoms with van der Waals surface area (Å²) in [5.74, 6) is 0.287. The van der Waals surface area contributed by atoms with Gasteiger partial charge in [0.1, 0.15) is 12.1 Å². The largest absolute Gasteiger partial charge is 0.351 e. The molecule has 1 fully saturated rings. The zero-order valence-electron chi connectivity index (χ0n) is 18.6. The van der Waals surface area contributed by atoms with Gasteiger partial charge in [-0.2, -0.15) is 5.10 Å². The molecule has 0 radical (unpaired) electrons. The summed E-state index contributed by atoms with van der Waals surface area (Å²) in [7, 11) is 0. The van der Waals surface area contributed by atoms with Crippen molar-refractivity contribution in [3.8, 4) is 0 Å². The number of fused-ring (bicyclic) bond motifs is 3. The van der Waals surface area contributed by atoms with E-state index in [1.807, 2.05) is 53.1 Å². The first-order chi connectivity index (χ1) is 16.0. The highest BCUT2D eigenvalue weighted by Crippen LogP contribution is 2.28. The summed E-state index contributed by atoms with van der Waals surface area (Å²) in [6, 6.07) is 15.7. The second-order valence-corrected chi connectivity index (χ2v) is 9.48. The second-order valence-electron chi connectivity index (χ2n) is 9.04. The number of nitrogens with zero attached hydrogens (tertiary/aromatic N) is 3. The molecule has 1 saturated carbocycles. The molecule has 1 amide bonds. The lowest BCUT2D eigenvalue weighted by Crippen LogP contribution is -2.43. The van der Waals surface area contributed by atoms with Crippen LogP contribution in [-0.2, 0) is 17.9 Å². The van der Waals surface area contributed by atoms with E-state index in [2.05, 4.69) is 17.3 Å². The van der Waals surface area contributed by atoms with Crippen LogP contribution < -0.4 is 10.9 Å². The molecule has 170 valence electrons. The minimum absolute atomic E-state index is 0.0866. The molecule has 1 aliphatic carbocycles. The molecule has 2 heterocycles. The van der Waals surface area contributed by atoms with Gasteiger partial charge in [-0.25, -0.2) is 4.68 Å². The first-order valence-corrected chi connectivity index (χ1v) is 11.9. The van der Waals surface area contributed by atoms with Crippen molar-refractivity contribution in [3.63, 3.8) is 0 Å². The maximum absolute atomic E-state index is 13.5. The van der Waals surface area contributed by atoms with Crippen LogP contribution >= 0.6 is 11.6 Å². The number of carbonyl (C=O) groups excluding carboxylic acids is 1. The van der Waals surface area contributed by atoms with Crippen LogP contribution in [0.15, 0.2) is 59.5 Å². The third-order valence-electron chi connectivity index (χ3n) is 6.75. The van der Waals surface area contributed by atoms with Gasteiger partial charge in [-0.3, -0.25) is 9.59 Å². The van der Waals surface area contributed by atoms with E-state index in [0.717, 1.165) is 41.1 Å². The van der Waals surface area contributed by atoms with E-state index < -0.39 is 0 Å². The molecule has 33 heavy (non-hydrogen) atoms. The van der Waals surface area contributed by atoms with Crippen LogP contribution in [0.5, 0.6) is 0 Å². The lowest BCUT2D eigenvalue weighted by atomic mass is 9.86. The Balaban J connectivity index is 1.53. The molecule has 0 aliphatic heterocycles. The SMILES string of the molecule is CC1CCCCC1NC(=O)Cn1ncc2c3ccccc3n(Cc3cccc(Cl)c3)c2c1=O. The highest BCUT2D eigenvalue weighted by atomic mass is 35.5. The predicted octanol–water partition coefficient (Wildman–Crippen LogP) is 4.75. The zero-order valence-corrected chi connectivity index (χ0v) is 19.4. The van der Waals surface area contributed by atoms with E-state index in [1.54, 1.807) is 6.20 Å². The van der Waals surface area contributed by atoms with Crippen LogP contribution in [0.3, 0.4) is 0 Å². The summed E-state index contributed by atoms with van der Waals surface area (Å²) in [5, 5.41) is 9.88. The van der Waals surface area contributed by atoms with E-state index in [1.165, 1.54) is 11.1 Å². The van der Waals surface area contributed by atoms with Gasteiger partial charge in [0, 0.05) is 33.9 Å². The minimum atomic E-state index is -0.266. The van der Waals surface area contributed by atoms with E-state index in [-0.39, 0.29) is 24.1 Å². The number of halogens is 1. The van der Waals surface area contributed by atoms with Crippen LogP contribution in [0.2, 0.25) is 5.02 Å². The number of amides is 1. The van der Waals surface area contributed by atoms with Crippen LogP contribution in [-0.4, -0.2) is 26.3 Å². The Hall–Kier alpha value is -3.12. The quantitative estimate of drug-likeness (QED) is 0.465.